The first-order chi connectivity index (χ1) is 23.7. The van der Waals surface area contributed by atoms with E-state index < -0.39 is 22.9 Å². The lowest BCUT2D eigenvalue weighted by molar-refractivity contribution is -0.384. The molecule has 14 nitrogen and oxygen atoms in total. The fourth-order valence-electron chi connectivity index (χ4n) is 6.36. The van der Waals surface area contributed by atoms with Gasteiger partial charge in [0.05, 0.1) is 17.3 Å². The molecule has 2 saturated carbocycles. The van der Waals surface area contributed by atoms with Gasteiger partial charge in [0.2, 0.25) is 5.95 Å². The summed E-state index contributed by atoms with van der Waals surface area (Å²) in [6.07, 6.45) is 12.9. The highest BCUT2D eigenvalue weighted by molar-refractivity contribution is 5.70. The van der Waals surface area contributed by atoms with Crippen LogP contribution in [-0.2, 0) is 13.5 Å². The lowest BCUT2D eigenvalue weighted by atomic mass is 9.90. The number of non-ortho nitro benzene ring substituents is 1. The quantitative estimate of drug-likeness (QED) is 0.0789. The van der Waals surface area contributed by atoms with Crippen LogP contribution in [0.25, 0.3) is 11.3 Å². The van der Waals surface area contributed by atoms with E-state index in [4.69, 9.17) is 4.74 Å². The van der Waals surface area contributed by atoms with Crippen molar-refractivity contribution in [2.75, 3.05) is 18.4 Å². The fraction of sp³-hybridized carbons (Fsp3) is 0.559. The minimum atomic E-state index is -0.895. The lowest BCUT2D eigenvalue weighted by Gasteiger charge is -2.35. The number of hydrogen-bond acceptors (Lipinski definition) is 9. The topological polar surface area (TPSA) is 178 Å². The SMILES string of the molecule is Cn1ncc(-c2nc(NC3CCC(N(CCCCCCCCNC(=O)Oc4ccc([N+](=O)[O-])cc4)C(=O)O)CC3)ncc2F)c1CC1CC1. The molecule has 15 heteroatoms. The van der Waals surface area contributed by atoms with Gasteiger partial charge >= 0.3 is 12.2 Å². The second-order valence-corrected chi connectivity index (χ2v) is 13.0. The molecule has 0 saturated heterocycles. The third-order valence-corrected chi connectivity index (χ3v) is 9.31. The molecule has 2 heterocycles. The van der Waals surface area contributed by atoms with Crippen molar-refractivity contribution in [2.45, 2.75) is 95.6 Å². The number of nitrogens with one attached hydrogen (secondary N) is 2. The summed E-state index contributed by atoms with van der Waals surface area (Å²) in [5.74, 6) is 0.746. The van der Waals surface area contributed by atoms with Gasteiger partial charge in [0, 0.05) is 55.6 Å². The Bertz CT molecular complexity index is 1570. The summed E-state index contributed by atoms with van der Waals surface area (Å²) in [6, 6.07) is 5.33. The number of unbranched alkanes of at least 4 members (excludes halogenated alkanes) is 5. The molecule has 2 fully saturated rings. The predicted octanol–water partition coefficient (Wildman–Crippen LogP) is 6.71. The van der Waals surface area contributed by atoms with E-state index >= 15 is 0 Å². The molecule has 0 aliphatic heterocycles. The van der Waals surface area contributed by atoms with Gasteiger partial charge in [0.1, 0.15) is 11.4 Å². The monoisotopic (exact) mass is 680 g/mol. The van der Waals surface area contributed by atoms with E-state index in [2.05, 4.69) is 25.7 Å². The first kappa shape index (κ1) is 35.5. The first-order valence-electron chi connectivity index (χ1n) is 17.2. The maximum absolute atomic E-state index is 14.8. The van der Waals surface area contributed by atoms with Crippen molar-refractivity contribution >= 4 is 23.8 Å². The Balaban J connectivity index is 0.964. The number of carbonyl (C=O) groups is 2. The molecule has 2 aromatic heterocycles. The highest BCUT2D eigenvalue weighted by Gasteiger charge is 2.30. The second-order valence-electron chi connectivity index (χ2n) is 13.0. The summed E-state index contributed by atoms with van der Waals surface area (Å²) in [4.78, 5) is 44.5. The molecule has 264 valence electrons. The highest BCUT2D eigenvalue weighted by Crippen LogP contribution is 2.36. The Morgan fingerprint density at radius 2 is 1.73 bits per heavy atom. The third kappa shape index (κ3) is 10.3. The minimum Gasteiger partial charge on any atom is -0.465 e. The number of aryl methyl sites for hydroxylation is 1. The molecular formula is C34H45FN8O6. The van der Waals surface area contributed by atoms with Crippen molar-refractivity contribution in [2.24, 2.45) is 13.0 Å². The maximum Gasteiger partial charge on any atom is 0.412 e. The number of anilines is 1. The molecule has 2 aliphatic rings. The smallest absolute Gasteiger partial charge is 0.412 e. The standard InChI is InChI=1S/C34H45FN8O6/c1-41-30(20-23-8-9-23)28(21-38-41)31-29(35)22-37-32(40-31)39-24-10-12-25(13-11-24)42(34(45)46)19-7-5-3-2-4-6-18-36-33(44)49-27-16-14-26(15-17-27)43(47)48/h14-17,21-25H,2-13,18-20H2,1H3,(H,36,44)(H,45,46)(H,37,39,40). The van der Waals surface area contributed by atoms with Crippen LogP contribution in [0.1, 0.15) is 82.7 Å². The predicted molar refractivity (Wildman–Crippen MR) is 180 cm³/mol. The number of hydrogen-bond donors (Lipinski definition) is 3. The second kappa shape index (κ2) is 17.0. The van der Waals surface area contributed by atoms with E-state index in [0.29, 0.717) is 30.5 Å². The summed E-state index contributed by atoms with van der Waals surface area (Å²) in [5, 5.41) is 31.0. The molecule has 2 amide bonds. The van der Waals surface area contributed by atoms with E-state index in [1.54, 1.807) is 15.8 Å². The molecule has 3 N–H and O–H groups in total. The number of nitro benzene ring substituents is 1. The maximum atomic E-state index is 14.8. The van der Waals surface area contributed by atoms with Gasteiger partial charge in [0.15, 0.2) is 5.82 Å². The van der Waals surface area contributed by atoms with E-state index in [1.807, 2.05) is 7.05 Å². The third-order valence-electron chi connectivity index (χ3n) is 9.31. The molecule has 0 atom stereocenters. The van der Waals surface area contributed by atoms with Gasteiger partial charge in [-0.25, -0.2) is 23.9 Å². The van der Waals surface area contributed by atoms with E-state index in [-0.39, 0.29) is 29.2 Å². The van der Waals surface area contributed by atoms with Gasteiger partial charge in [-0.3, -0.25) is 14.8 Å². The largest absolute Gasteiger partial charge is 0.465 e. The number of nitrogens with zero attached hydrogens (tertiary/aromatic N) is 6. The highest BCUT2D eigenvalue weighted by atomic mass is 19.1. The summed E-state index contributed by atoms with van der Waals surface area (Å²) >= 11 is 0. The molecule has 0 bridgehead atoms. The van der Waals surface area contributed by atoms with Gasteiger partial charge in [-0.05, 0) is 75.8 Å². The Hall–Kier alpha value is -4.82. The zero-order valence-corrected chi connectivity index (χ0v) is 27.9. The molecule has 3 aromatic rings. The number of halogens is 1. The summed E-state index contributed by atoms with van der Waals surface area (Å²) in [5.41, 5.74) is 1.87. The fourth-order valence-corrected chi connectivity index (χ4v) is 6.36. The van der Waals surface area contributed by atoms with Gasteiger partial charge < -0.3 is 25.4 Å². The number of carboxylic acid groups (broad SMARTS) is 1. The molecular weight excluding hydrogens is 635 g/mol. The van der Waals surface area contributed by atoms with Crippen LogP contribution in [0, 0.1) is 21.8 Å². The van der Waals surface area contributed by atoms with Crippen LogP contribution in [0.3, 0.4) is 0 Å². The van der Waals surface area contributed by atoms with Crippen LogP contribution in [0.5, 0.6) is 5.75 Å². The van der Waals surface area contributed by atoms with Crippen molar-refractivity contribution in [3.8, 4) is 17.0 Å². The molecule has 49 heavy (non-hydrogen) atoms. The molecule has 0 spiro atoms. The summed E-state index contributed by atoms with van der Waals surface area (Å²) in [6.45, 7) is 0.948. The lowest BCUT2D eigenvalue weighted by Crippen LogP contribution is -2.44. The van der Waals surface area contributed by atoms with E-state index in [0.717, 1.165) is 76.3 Å². The van der Waals surface area contributed by atoms with E-state index in [1.165, 1.54) is 43.3 Å². The van der Waals surface area contributed by atoms with Crippen molar-refractivity contribution in [3.05, 3.63) is 58.3 Å². The number of benzene rings is 1. The van der Waals surface area contributed by atoms with Crippen LogP contribution in [-0.4, -0.2) is 72.0 Å². The molecule has 0 unspecified atom stereocenters. The number of amides is 2. The number of carbonyl (C=O) groups excluding carboxylic acids is 1. The molecule has 5 rings (SSSR count). The average molecular weight is 681 g/mol. The van der Waals surface area contributed by atoms with Crippen molar-refractivity contribution in [1.29, 1.82) is 0 Å². The minimum absolute atomic E-state index is 0.0440. The van der Waals surface area contributed by atoms with Crippen molar-refractivity contribution in [1.82, 2.24) is 30.0 Å². The Morgan fingerprint density at radius 3 is 2.41 bits per heavy atom. The van der Waals surface area contributed by atoms with Crippen LogP contribution in [0.15, 0.2) is 36.7 Å². The zero-order valence-electron chi connectivity index (χ0n) is 27.9. The number of aromatic nitrogens is 4. The number of ether oxygens (including phenoxy) is 1. The van der Waals surface area contributed by atoms with Gasteiger partial charge in [-0.15, -0.1) is 0 Å². The molecule has 1 aromatic carbocycles. The normalized spacial score (nSPS) is 17.3. The number of rotatable bonds is 17. The van der Waals surface area contributed by atoms with Crippen molar-refractivity contribution < 1.29 is 28.7 Å². The van der Waals surface area contributed by atoms with Crippen LogP contribution >= 0.6 is 0 Å². The van der Waals surface area contributed by atoms with E-state index in [9.17, 15) is 29.2 Å². The Kier molecular flexibility index (Phi) is 12.3. The van der Waals surface area contributed by atoms with Crippen LogP contribution in [0.4, 0.5) is 25.6 Å². The van der Waals surface area contributed by atoms with Gasteiger partial charge in [-0.1, -0.05) is 25.7 Å². The van der Waals surface area contributed by atoms with Crippen LogP contribution < -0.4 is 15.4 Å². The van der Waals surface area contributed by atoms with Crippen molar-refractivity contribution in [3.63, 3.8) is 0 Å². The Morgan fingerprint density at radius 1 is 1.04 bits per heavy atom. The summed E-state index contributed by atoms with van der Waals surface area (Å²) < 4.78 is 21.8. The zero-order chi connectivity index (χ0) is 34.8. The first-order valence-corrected chi connectivity index (χ1v) is 17.2. The Labute approximate surface area is 284 Å². The van der Waals surface area contributed by atoms with Gasteiger partial charge in [0.25, 0.3) is 5.69 Å². The molecule has 2 aliphatic carbocycles. The summed E-state index contributed by atoms with van der Waals surface area (Å²) in [7, 11) is 1.87. The molecule has 0 radical (unpaired) electrons. The number of nitro groups is 1. The van der Waals surface area contributed by atoms with Crippen LogP contribution in [0.2, 0.25) is 0 Å². The average Bonchev–Trinajstić information content (AvgIpc) is 3.84. The van der Waals surface area contributed by atoms with Gasteiger partial charge in [-0.2, -0.15) is 5.10 Å².